The lowest BCUT2D eigenvalue weighted by molar-refractivity contribution is 0.0829. The Hall–Kier alpha value is -0.770. The van der Waals surface area contributed by atoms with Crippen LogP contribution in [0.4, 0.5) is 4.79 Å². The van der Waals surface area contributed by atoms with E-state index in [0.29, 0.717) is 11.9 Å². The van der Waals surface area contributed by atoms with Crippen molar-refractivity contribution in [3.05, 3.63) is 0 Å². The highest BCUT2D eigenvalue weighted by Gasteiger charge is 2.30. The number of hydrogen-bond donors (Lipinski definition) is 0. The largest absolute Gasteiger partial charge is 0.325 e. The van der Waals surface area contributed by atoms with Crippen molar-refractivity contribution >= 4 is 6.03 Å². The first-order valence-corrected chi connectivity index (χ1v) is 9.02. The number of piperidine rings is 3. The van der Waals surface area contributed by atoms with Gasteiger partial charge in [0.2, 0.25) is 0 Å². The third kappa shape index (κ3) is 3.71. The Kier molecular flexibility index (Phi) is 5.04. The van der Waals surface area contributed by atoms with E-state index in [1.54, 1.807) is 0 Å². The number of amides is 2. The van der Waals surface area contributed by atoms with Gasteiger partial charge in [0, 0.05) is 32.2 Å². The number of urea groups is 1. The maximum absolute atomic E-state index is 12.6. The van der Waals surface area contributed by atoms with Gasteiger partial charge in [-0.3, -0.25) is 0 Å². The first kappa shape index (κ1) is 15.1. The second-order valence-corrected chi connectivity index (χ2v) is 7.29. The van der Waals surface area contributed by atoms with Crippen LogP contribution in [0.5, 0.6) is 0 Å². The highest BCUT2D eigenvalue weighted by Crippen LogP contribution is 2.23. The van der Waals surface area contributed by atoms with Gasteiger partial charge in [-0.25, -0.2) is 4.79 Å². The maximum atomic E-state index is 12.6. The van der Waals surface area contributed by atoms with Gasteiger partial charge in [-0.1, -0.05) is 13.3 Å². The average Bonchev–Trinajstić information content (AvgIpc) is 2.55. The molecule has 0 spiro atoms. The van der Waals surface area contributed by atoms with Gasteiger partial charge < -0.3 is 14.7 Å². The summed E-state index contributed by atoms with van der Waals surface area (Å²) in [5, 5.41) is 0. The lowest BCUT2D eigenvalue weighted by Crippen LogP contribution is -2.52. The monoisotopic (exact) mass is 293 g/mol. The fraction of sp³-hybridized carbons (Fsp3) is 0.941. The SMILES string of the molecule is CC1CCCN(C(=O)N2CCC(N3CCCCC3)CC2)C1. The standard InChI is InChI=1S/C17H31N3O/c1-15-6-5-11-20(14-15)17(21)19-12-7-16(8-13-19)18-9-3-2-4-10-18/h15-16H,2-14H2,1H3. The fourth-order valence-corrected chi connectivity index (χ4v) is 4.27. The Morgan fingerprint density at radius 3 is 2.19 bits per heavy atom. The fourth-order valence-electron chi connectivity index (χ4n) is 4.27. The van der Waals surface area contributed by atoms with Crippen LogP contribution >= 0.6 is 0 Å². The highest BCUT2D eigenvalue weighted by atomic mass is 16.2. The minimum Gasteiger partial charge on any atom is -0.325 e. The zero-order valence-electron chi connectivity index (χ0n) is 13.6. The molecule has 3 saturated heterocycles. The molecule has 3 heterocycles. The average molecular weight is 293 g/mol. The zero-order valence-corrected chi connectivity index (χ0v) is 13.6. The molecule has 1 atom stereocenters. The molecule has 3 aliphatic heterocycles. The maximum Gasteiger partial charge on any atom is 0.320 e. The Morgan fingerprint density at radius 1 is 0.810 bits per heavy atom. The molecule has 1 unspecified atom stereocenters. The molecule has 0 radical (unpaired) electrons. The van der Waals surface area contributed by atoms with Crippen LogP contribution in [-0.2, 0) is 0 Å². The van der Waals surface area contributed by atoms with Gasteiger partial charge in [0.05, 0.1) is 0 Å². The van der Waals surface area contributed by atoms with Crippen LogP contribution in [-0.4, -0.2) is 66.0 Å². The molecule has 3 fully saturated rings. The number of rotatable bonds is 1. The Bertz CT molecular complexity index is 346. The lowest BCUT2D eigenvalue weighted by Gasteiger charge is -2.42. The van der Waals surface area contributed by atoms with Gasteiger partial charge >= 0.3 is 6.03 Å². The van der Waals surface area contributed by atoms with Crippen LogP contribution in [0.25, 0.3) is 0 Å². The van der Waals surface area contributed by atoms with Crippen molar-refractivity contribution in [2.24, 2.45) is 5.92 Å². The second-order valence-electron chi connectivity index (χ2n) is 7.29. The number of nitrogens with zero attached hydrogens (tertiary/aromatic N) is 3. The number of likely N-dealkylation sites (tertiary alicyclic amines) is 3. The van der Waals surface area contributed by atoms with Crippen LogP contribution in [0.15, 0.2) is 0 Å². The van der Waals surface area contributed by atoms with Crippen LogP contribution < -0.4 is 0 Å². The first-order valence-electron chi connectivity index (χ1n) is 9.02. The number of hydrogen-bond acceptors (Lipinski definition) is 2. The van der Waals surface area contributed by atoms with Crippen molar-refractivity contribution in [2.45, 2.75) is 57.9 Å². The highest BCUT2D eigenvalue weighted by molar-refractivity contribution is 5.74. The van der Waals surface area contributed by atoms with E-state index in [-0.39, 0.29) is 0 Å². The summed E-state index contributed by atoms with van der Waals surface area (Å²) in [5.41, 5.74) is 0. The van der Waals surface area contributed by atoms with Crippen LogP contribution in [0, 0.1) is 5.92 Å². The number of carbonyl (C=O) groups excluding carboxylic acids is 1. The smallest absolute Gasteiger partial charge is 0.320 e. The molecule has 2 amide bonds. The quantitative estimate of drug-likeness (QED) is 0.743. The van der Waals surface area contributed by atoms with Gasteiger partial charge in [0.15, 0.2) is 0 Å². The Morgan fingerprint density at radius 2 is 1.52 bits per heavy atom. The normalized spacial score (nSPS) is 29.7. The summed E-state index contributed by atoms with van der Waals surface area (Å²) >= 11 is 0. The Labute approximate surface area is 129 Å². The molecule has 0 aromatic heterocycles. The topological polar surface area (TPSA) is 26.8 Å². The third-order valence-corrected chi connectivity index (χ3v) is 5.57. The van der Waals surface area contributed by atoms with E-state index in [1.807, 2.05) is 0 Å². The molecule has 21 heavy (non-hydrogen) atoms. The molecule has 0 bridgehead atoms. The molecule has 3 rings (SSSR count). The molecule has 4 heteroatoms. The molecule has 0 aliphatic carbocycles. The van der Waals surface area contributed by atoms with Crippen molar-refractivity contribution in [3.63, 3.8) is 0 Å². The summed E-state index contributed by atoms with van der Waals surface area (Å²) in [4.78, 5) is 19.5. The zero-order chi connectivity index (χ0) is 14.7. The van der Waals surface area contributed by atoms with Gasteiger partial charge in [-0.15, -0.1) is 0 Å². The van der Waals surface area contributed by atoms with E-state index in [9.17, 15) is 4.79 Å². The van der Waals surface area contributed by atoms with Crippen LogP contribution in [0.2, 0.25) is 0 Å². The molecule has 0 saturated carbocycles. The minimum absolute atomic E-state index is 0.304. The van der Waals surface area contributed by atoms with E-state index in [1.165, 1.54) is 58.0 Å². The van der Waals surface area contributed by atoms with Gasteiger partial charge in [0.25, 0.3) is 0 Å². The summed E-state index contributed by atoms with van der Waals surface area (Å²) in [7, 11) is 0. The number of carbonyl (C=O) groups is 1. The van der Waals surface area contributed by atoms with E-state index in [0.717, 1.165) is 32.2 Å². The summed E-state index contributed by atoms with van der Waals surface area (Å²) < 4.78 is 0. The Balaban J connectivity index is 1.47. The molecular formula is C17H31N3O. The summed E-state index contributed by atoms with van der Waals surface area (Å²) in [5.74, 6) is 0.675. The van der Waals surface area contributed by atoms with Crippen LogP contribution in [0.1, 0.15) is 51.9 Å². The minimum atomic E-state index is 0.304. The van der Waals surface area contributed by atoms with E-state index in [4.69, 9.17) is 0 Å². The first-order chi connectivity index (χ1) is 10.2. The molecule has 4 nitrogen and oxygen atoms in total. The molecular weight excluding hydrogens is 262 g/mol. The predicted octanol–water partition coefficient (Wildman–Crippen LogP) is 2.79. The summed E-state index contributed by atoms with van der Waals surface area (Å²) in [6.45, 7) is 8.68. The van der Waals surface area contributed by atoms with Gasteiger partial charge in [-0.2, -0.15) is 0 Å². The van der Waals surface area contributed by atoms with E-state index < -0.39 is 0 Å². The van der Waals surface area contributed by atoms with Crippen molar-refractivity contribution in [2.75, 3.05) is 39.3 Å². The molecule has 120 valence electrons. The van der Waals surface area contributed by atoms with Crippen LogP contribution in [0.3, 0.4) is 0 Å². The van der Waals surface area contributed by atoms with Crippen molar-refractivity contribution < 1.29 is 4.79 Å². The van der Waals surface area contributed by atoms with Crippen molar-refractivity contribution in [1.29, 1.82) is 0 Å². The summed E-state index contributed by atoms with van der Waals surface area (Å²) in [6.07, 6.45) is 8.94. The third-order valence-electron chi connectivity index (χ3n) is 5.57. The second kappa shape index (κ2) is 6.99. The van der Waals surface area contributed by atoms with E-state index >= 15 is 0 Å². The van der Waals surface area contributed by atoms with Gasteiger partial charge in [0.1, 0.15) is 0 Å². The van der Waals surface area contributed by atoms with Gasteiger partial charge in [-0.05, 0) is 57.5 Å². The summed E-state index contributed by atoms with van der Waals surface area (Å²) in [6, 6.07) is 1.04. The molecule has 3 aliphatic rings. The van der Waals surface area contributed by atoms with Crippen molar-refractivity contribution in [1.82, 2.24) is 14.7 Å². The van der Waals surface area contributed by atoms with Crippen molar-refractivity contribution in [3.8, 4) is 0 Å². The molecule has 0 aromatic carbocycles. The molecule has 0 aromatic rings. The predicted molar refractivity (Wildman–Crippen MR) is 85.4 cm³/mol. The molecule has 0 N–H and O–H groups in total. The van der Waals surface area contributed by atoms with E-state index in [2.05, 4.69) is 21.6 Å². The lowest BCUT2D eigenvalue weighted by atomic mass is 9.99.